The van der Waals surface area contributed by atoms with E-state index in [-0.39, 0.29) is 12.7 Å². The molecule has 1 aliphatic heterocycles. The highest BCUT2D eigenvalue weighted by Crippen LogP contribution is 2.32. The summed E-state index contributed by atoms with van der Waals surface area (Å²) >= 11 is 0. The third kappa shape index (κ3) is 4.73. The number of guanidine groups is 1. The maximum absolute atomic E-state index is 13.0. The average molecular weight is 455 g/mol. The molecule has 2 heterocycles. The molecule has 0 radical (unpaired) electrons. The van der Waals surface area contributed by atoms with E-state index in [1.54, 1.807) is 18.2 Å². The molecule has 1 aromatic heterocycles. The number of carbonyl (C=O) groups is 1. The van der Waals surface area contributed by atoms with Crippen LogP contribution >= 0.6 is 0 Å². The number of anilines is 1. The minimum Gasteiger partial charge on any atom is -0.454 e. The molecule has 0 atom stereocenters. The molecule has 1 amide bonds. The fraction of sp³-hybridized carbons (Fsp3) is 0.185. The number of amides is 1. The number of aliphatic imine (C=N–C) groups is 1. The molecule has 7 heteroatoms. The van der Waals surface area contributed by atoms with Crippen molar-refractivity contribution in [2.75, 3.05) is 18.7 Å². The Morgan fingerprint density at radius 2 is 1.79 bits per heavy atom. The van der Waals surface area contributed by atoms with Gasteiger partial charge >= 0.3 is 0 Å². The largest absolute Gasteiger partial charge is 0.454 e. The molecule has 34 heavy (non-hydrogen) atoms. The van der Waals surface area contributed by atoms with Crippen LogP contribution in [-0.4, -0.2) is 30.2 Å². The highest BCUT2D eigenvalue weighted by molar-refractivity contribution is 6.10. The van der Waals surface area contributed by atoms with Crippen molar-refractivity contribution in [3.63, 3.8) is 0 Å². The molecule has 4 aromatic rings. The molecule has 3 aromatic carbocycles. The average Bonchev–Trinajstić information content (AvgIpc) is 3.45. The number of hydrogen-bond acceptors (Lipinski definition) is 4. The zero-order chi connectivity index (χ0) is 23.5. The Bertz CT molecular complexity index is 1370. The van der Waals surface area contributed by atoms with Crippen molar-refractivity contribution in [1.82, 2.24) is 10.3 Å². The number of nitrogens with zero attached hydrogens (tertiary/aromatic N) is 1. The molecule has 0 saturated carbocycles. The van der Waals surface area contributed by atoms with Gasteiger partial charge in [-0.2, -0.15) is 0 Å². The number of aromatic nitrogens is 1. The van der Waals surface area contributed by atoms with E-state index < -0.39 is 0 Å². The molecular weight excluding hydrogens is 428 g/mol. The Hall–Kier alpha value is -4.26. The van der Waals surface area contributed by atoms with Gasteiger partial charge in [0.05, 0.1) is 0 Å². The molecule has 1 aliphatic rings. The number of carbonyl (C=O) groups excluding carboxylic acids is 1. The number of rotatable bonds is 5. The second kappa shape index (κ2) is 9.31. The lowest BCUT2D eigenvalue weighted by Crippen LogP contribution is -2.36. The maximum atomic E-state index is 13.0. The first-order valence-electron chi connectivity index (χ1n) is 11.2. The predicted molar refractivity (Wildman–Crippen MR) is 134 cm³/mol. The van der Waals surface area contributed by atoms with Crippen LogP contribution in [0.3, 0.4) is 0 Å². The summed E-state index contributed by atoms with van der Waals surface area (Å²) in [6.45, 7) is 4.75. The molecular formula is C27H26N4O3. The Labute approximate surface area is 197 Å². The lowest BCUT2D eigenvalue weighted by Gasteiger charge is -2.13. The van der Waals surface area contributed by atoms with Crippen molar-refractivity contribution in [3.8, 4) is 11.5 Å². The van der Waals surface area contributed by atoms with Gasteiger partial charge in [-0.15, -0.1) is 0 Å². The molecule has 0 fully saturated rings. The molecule has 0 aliphatic carbocycles. The quantitative estimate of drug-likeness (QED) is 0.294. The van der Waals surface area contributed by atoms with Gasteiger partial charge in [-0.05, 0) is 73.4 Å². The number of aryl methyl sites for hydroxylation is 2. The second-order valence-electron chi connectivity index (χ2n) is 8.36. The molecule has 0 unspecified atom stereocenters. The van der Waals surface area contributed by atoms with Crippen molar-refractivity contribution < 1.29 is 14.3 Å². The number of hydrogen-bond donors (Lipinski definition) is 3. The van der Waals surface area contributed by atoms with E-state index in [0.29, 0.717) is 29.6 Å². The highest BCUT2D eigenvalue weighted by Gasteiger charge is 2.17. The number of nitrogens with one attached hydrogen (secondary N) is 3. The molecule has 3 N–H and O–H groups in total. The van der Waals surface area contributed by atoms with Gasteiger partial charge < -0.3 is 19.8 Å². The van der Waals surface area contributed by atoms with Crippen molar-refractivity contribution in [3.05, 3.63) is 89.1 Å². The number of benzene rings is 3. The van der Waals surface area contributed by atoms with Gasteiger partial charge in [0.25, 0.3) is 5.91 Å². The summed E-state index contributed by atoms with van der Waals surface area (Å²) in [5.41, 5.74) is 5.88. The number of ether oxygens (including phenoxy) is 2. The molecule has 7 nitrogen and oxygen atoms in total. The fourth-order valence-corrected chi connectivity index (χ4v) is 4.14. The summed E-state index contributed by atoms with van der Waals surface area (Å²) < 4.78 is 10.7. The molecule has 5 rings (SSSR count). The molecule has 0 spiro atoms. The lowest BCUT2D eigenvalue weighted by molar-refractivity contribution is 0.0976. The summed E-state index contributed by atoms with van der Waals surface area (Å²) in [5, 5.41) is 7.40. The van der Waals surface area contributed by atoms with Crippen LogP contribution in [0.5, 0.6) is 11.5 Å². The topological polar surface area (TPSA) is 87.7 Å². The van der Waals surface area contributed by atoms with Crippen LogP contribution in [-0.2, 0) is 6.42 Å². The fourth-order valence-electron chi connectivity index (χ4n) is 4.14. The summed E-state index contributed by atoms with van der Waals surface area (Å²) in [4.78, 5) is 21.0. The maximum Gasteiger partial charge on any atom is 0.258 e. The van der Waals surface area contributed by atoms with Crippen LogP contribution in [0.4, 0.5) is 5.69 Å². The van der Waals surface area contributed by atoms with Crippen molar-refractivity contribution in [2.45, 2.75) is 20.3 Å². The summed E-state index contributed by atoms with van der Waals surface area (Å²) in [5.74, 6) is 1.32. The summed E-state index contributed by atoms with van der Waals surface area (Å²) in [6, 6.07) is 19.5. The number of fused-ring (bicyclic) bond motifs is 2. The number of H-pyrrole nitrogens is 1. The zero-order valence-electron chi connectivity index (χ0n) is 19.1. The Balaban J connectivity index is 1.36. The van der Waals surface area contributed by atoms with Crippen molar-refractivity contribution >= 4 is 28.5 Å². The minimum atomic E-state index is -0.277. The van der Waals surface area contributed by atoms with Gasteiger partial charge in [0, 0.05) is 34.9 Å². The minimum absolute atomic E-state index is 0.162. The first-order chi connectivity index (χ1) is 16.5. The van der Waals surface area contributed by atoms with Gasteiger partial charge in [0.1, 0.15) is 0 Å². The van der Waals surface area contributed by atoms with E-state index in [9.17, 15) is 4.79 Å². The summed E-state index contributed by atoms with van der Waals surface area (Å²) in [6.07, 6.45) is 2.75. The van der Waals surface area contributed by atoms with Crippen LogP contribution in [0.25, 0.3) is 10.9 Å². The monoisotopic (exact) mass is 454 g/mol. The molecule has 172 valence electrons. The number of aromatic amines is 1. The lowest BCUT2D eigenvalue weighted by atomic mass is 10.1. The van der Waals surface area contributed by atoms with Gasteiger partial charge in [-0.1, -0.05) is 24.3 Å². The van der Waals surface area contributed by atoms with Gasteiger partial charge in [0.15, 0.2) is 11.5 Å². The van der Waals surface area contributed by atoms with Crippen LogP contribution < -0.4 is 20.1 Å². The number of para-hydroxylation sites is 1. The molecule has 0 bridgehead atoms. The van der Waals surface area contributed by atoms with Gasteiger partial charge in [-0.25, -0.2) is 0 Å². The smallest absolute Gasteiger partial charge is 0.258 e. The summed E-state index contributed by atoms with van der Waals surface area (Å²) in [7, 11) is 0. The van der Waals surface area contributed by atoms with Gasteiger partial charge in [0.2, 0.25) is 12.8 Å². The SMILES string of the molecule is Cc1cc(C)cc(NC(=NCCc2c[nH]c3ccccc23)NC(=O)c2ccc3c(c2)OCO3)c1. The normalized spacial score (nSPS) is 12.7. The van der Waals surface area contributed by atoms with Crippen LogP contribution in [0, 0.1) is 13.8 Å². The van der Waals surface area contributed by atoms with E-state index in [0.717, 1.165) is 28.8 Å². The Morgan fingerprint density at radius 3 is 2.65 bits per heavy atom. The van der Waals surface area contributed by atoms with E-state index in [4.69, 9.17) is 14.5 Å². The van der Waals surface area contributed by atoms with Crippen LogP contribution in [0.15, 0.2) is 71.9 Å². The third-order valence-electron chi connectivity index (χ3n) is 5.68. The standard InChI is InChI=1S/C27H26N4O3/c1-17-11-18(2)13-21(12-17)30-27(28-10-9-20-15-29-23-6-4-3-5-22(20)23)31-26(32)19-7-8-24-25(14-19)34-16-33-24/h3-8,11-15,29H,9-10,16H2,1-2H3,(H2,28,30,31,32). The van der Waals surface area contributed by atoms with E-state index in [1.165, 1.54) is 10.9 Å². The predicted octanol–water partition coefficient (Wildman–Crippen LogP) is 4.95. The van der Waals surface area contributed by atoms with Crippen LogP contribution in [0.2, 0.25) is 0 Å². The highest BCUT2D eigenvalue weighted by atomic mass is 16.7. The van der Waals surface area contributed by atoms with Crippen molar-refractivity contribution in [1.29, 1.82) is 0 Å². The van der Waals surface area contributed by atoms with E-state index in [1.807, 2.05) is 44.3 Å². The Morgan fingerprint density at radius 1 is 1.00 bits per heavy atom. The van der Waals surface area contributed by atoms with Crippen molar-refractivity contribution in [2.24, 2.45) is 4.99 Å². The first kappa shape index (κ1) is 21.6. The molecule has 0 saturated heterocycles. The zero-order valence-corrected chi connectivity index (χ0v) is 19.1. The van der Waals surface area contributed by atoms with Crippen LogP contribution in [0.1, 0.15) is 27.0 Å². The third-order valence-corrected chi connectivity index (χ3v) is 5.68. The Kier molecular flexibility index (Phi) is 5.91. The first-order valence-corrected chi connectivity index (χ1v) is 11.2. The van der Waals surface area contributed by atoms with E-state index in [2.05, 4.69) is 33.8 Å². The van der Waals surface area contributed by atoms with Gasteiger partial charge in [-0.3, -0.25) is 15.1 Å². The second-order valence-corrected chi connectivity index (χ2v) is 8.36. The van der Waals surface area contributed by atoms with E-state index >= 15 is 0 Å².